The molecule has 0 amide bonds. The lowest BCUT2D eigenvalue weighted by Crippen LogP contribution is -1.71. The second-order valence-electron chi connectivity index (χ2n) is 1.96. The number of hydrogen-bond acceptors (Lipinski definition) is 3. The summed E-state index contributed by atoms with van der Waals surface area (Å²) in [5.74, 6) is 0.733. The summed E-state index contributed by atoms with van der Waals surface area (Å²) in [6, 6.07) is 3.66. The second-order valence-corrected chi connectivity index (χ2v) is 2.89. The van der Waals surface area contributed by atoms with Crippen LogP contribution >= 0.6 is 22.6 Å². The molecule has 0 fully saturated rings. The fraction of sp³-hybridized carbons (Fsp3) is 0. The van der Waals surface area contributed by atoms with E-state index in [1.165, 1.54) is 0 Å². The quantitative estimate of drug-likeness (QED) is 0.740. The molecule has 3 nitrogen and oxygen atoms in total. The average molecular weight is 261 g/mol. The van der Waals surface area contributed by atoms with E-state index in [0.717, 1.165) is 11.5 Å². The van der Waals surface area contributed by atoms with Crippen LogP contribution in [0, 0.1) is 3.90 Å². The van der Waals surface area contributed by atoms with E-state index in [4.69, 9.17) is 8.83 Å². The fourth-order valence-corrected chi connectivity index (χ4v) is 1.18. The molecule has 0 N–H and O–H groups in total. The molecule has 0 aliphatic heterocycles. The molecular formula is C7H4INO2. The molecule has 4 heteroatoms. The number of oxazole rings is 1. The van der Waals surface area contributed by atoms with Crippen molar-refractivity contribution >= 4 is 22.6 Å². The molecule has 11 heavy (non-hydrogen) atoms. The van der Waals surface area contributed by atoms with Crippen LogP contribution in [0.4, 0.5) is 0 Å². The molecule has 0 spiro atoms. The van der Waals surface area contributed by atoms with E-state index in [1.807, 2.05) is 34.7 Å². The van der Waals surface area contributed by atoms with Crippen molar-refractivity contribution in [2.24, 2.45) is 0 Å². The van der Waals surface area contributed by atoms with E-state index in [9.17, 15) is 0 Å². The molecule has 0 atom stereocenters. The first kappa shape index (κ1) is 6.90. The fourth-order valence-electron chi connectivity index (χ4n) is 0.789. The molecule has 2 aromatic heterocycles. The lowest BCUT2D eigenvalue weighted by molar-refractivity contribution is 0.524. The minimum Gasteiger partial charge on any atom is -0.463 e. The number of aromatic nitrogens is 1. The molecule has 0 saturated heterocycles. The Kier molecular flexibility index (Phi) is 1.69. The predicted octanol–water partition coefficient (Wildman–Crippen LogP) is 2.54. The minimum atomic E-state index is 0.619. The van der Waals surface area contributed by atoms with Gasteiger partial charge in [0.15, 0.2) is 5.76 Å². The summed E-state index contributed by atoms with van der Waals surface area (Å²) in [7, 11) is 0. The molecule has 0 aliphatic carbocycles. The van der Waals surface area contributed by atoms with Gasteiger partial charge in [-0.1, -0.05) is 0 Å². The smallest absolute Gasteiger partial charge is 0.257 e. The zero-order valence-electron chi connectivity index (χ0n) is 5.45. The van der Waals surface area contributed by atoms with Gasteiger partial charge in [0, 0.05) is 22.6 Å². The number of rotatable bonds is 1. The van der Waals surface area contributed by atoms with Crippen molar-refractivity contribution < 1.29 is 8.83 Å². The van der Waals surface area contributed by atoms with Crippen molar-refractivity contribution in [3.8, 4) is 11.5 Å². The minimum absolute atomic E-state index is 0.619. The van der Waals surface area contributed by atoms with Gasteiger partial charge in [0.25, 0.3) is 3.90 Å². The highest BCUT2D eigenvalue weighted by atomic mass is 127. The summed E-state index contributed by atoms with van der Waals surface area (Å²) in [4.78, 5) is 4.08. The Morgan fingerprint density at radius 3 is 2.82 bits per heavy atom. The van der Waals surface area contributed by atoms with E-state index in [1.54, 1.807) is 12.5 Å². The summed E-state index contributed by atoms with van der Waals surface area (Å²) < 4.78 is 10.7. The van der Waals surface area contributed by atoms with Gasteiger partial charge >= 0.3 is 0 Å². The third kappa shape index (κ3) is 1.30. The Bertz CT molecular complexity index is 339. The van der Waals surface area contributed by atoms with Gasteiger partial charge in [0.1, 0.15) is 12.0 Å². The number of hydrogen-bond donors (Lipinski definition) is 0. The topological polar surface area (TPSA) is 39.2 Å². The number of furan rings is 1. The van der Waals surface area contributed by atoms with E-state index in [0.29, 0.717) is 3.90 Å². The van der Waals surface area contributed by atoms with Crippen LogP contribution in [0.25, 0.3) is 11.5 Å². The van der Waals surface area contributed by atoms with Crippen LogP contribution in [0.15, 0.2) is 33.5 Å². The average Bonchev–Trinajstić information content (AvgIpc) is 2.55. The van der Waals surface area contributed by atoms with Gasteiger partial charge in [-0.15, -0.1) is 0 Å². The highest BCUT2D eigenvalue weighted by Gasteiger charge is 2.04. The molecule has 0 unspecified atom stereocenters. The van der Waals surface area contributed by atoms with Crippen LogP contribution in [0.5, 0.6) is 0 Å². The van der Waals surface area contributed by atoms with Gasteiger partial charge in [-0.2, -0.15) is 0 Å². The van der Waals surface area contributed by atoms with Crippen molar-refractivity contribution in [3.05, 3.63) is 28.6 Å². The summed E-state index contributed by atoms with van der Waals surface area (Å²) in [6.07, 6.45) is 3.18. The monoisotopic (exact) mass is 261 g/mol. The Hall–Kier alpha value is -0.780. The van der Waals surface area contributed by atoms with Crippen LogP contribution in [-0.4, -0.2) is 4.98 Å². The lowest BCUT2D eigenvalue weighted by atomic mass is 10.4. The van der Waals surface area contributed by atoms with Gasteiger partial charge < -0.3 is 8.83 Å². The summed E-state index contributed by atoms with van der Waals surface area (Å²) in [5, 5.41) is 0. The molecule has 2 heterocycles. The maximum atomic E-state index is 5.11. The van der Waals surface area contributed by atoms with Gasteiger partial charge in [-0.25, -0.2) is 4.98 Å². The maximum Gasteiger partial charge on any atom is 0.257 e. The largest absolute Gasteiger partial charge is 0.463 e. The molecular weight excluding hydrogens is 257 g/mol. The Balaban J connectivity index is 2.45. The van der Waals surface area contributed by atoms with Gasteiger partial charge in [0.05, 0.1) is 6.26 Å². The summed E-state index contributed by atoms with van der Waals surface area (Å²) in [6.45, 7) is 0. The zero-order valence-corrected chi connectivity index (χ0v) is 7.61. The van der Waals surface area contributed by atoms with Crippen molar-refractivity contribution in [1.82, 2.24) is 4.98 Å². The van der Waals surface area contributed by atoms with Crippen molar-refractivity contribution in [1.29, 1.82) is 0 Å². The highest BCUT2D eigenvalue weighted by molar-refractivity contribution is 14.1. The first-order valence-electron chi connectivity index (χ1n) is 3.01. The van der Waals surface area contributed by atoms with E-state index in [2.05, 4.69) is 4.98 Å². The second kappa shape index (κ2) is 2.69. The number of halogens is 1. The van der Waals surface area contributed by atoms with Gasteiger partial charge in [-0.05, 0) is 12.1 Å². The first-order valence-corrected chi connectivity index (χ1v) is 4.09. The summed E-state index contributed by atoms with van der Waals surface area (Å²) in [5.41, 5.74) is 0.736. The van der Waals surface area contributed by atoms with Crippen LogP contribution in [0.3, 0.4) is 0 Å². The van der Waals surface area contributed by atoms with Crippen LogP contribution in [0.2, 0.25) is 0 Å². The van der Waals surface area contributed by atoms with Crippen LogP contribution < -0.4 is 0 Å². The van der Waals surface area contributed by atoms with Gasteiger partial charge in [-0.3, -0.25) is 0 Å². The Labute approximate surface area is 76.6 Å². The third-order valence-corrected chi connectivity index (χ3v) is 1.75. The normalized spacial score (nSPS) is 10.3. The SMILES string of the molecule is Ic1nc(-c2ccco2)co1. The molecule has 0 saturated carbocycles. The van der Waals surface area contributed by atoms with Gasteiger partial charge in [0.2, 0.25) is 0 Å². The highest BCUT2D eigenvalue weighted by Crippen LogP contribution is 2.18. The van der Waals surface area contributed by atoms with E-state index < -0.39 is 0 Å². The molecule has 0 aromatic carbocycles. The molecule has 0 radical (unpaired) electrons. The van der Waals surface area contributed by atoms with Crippen molar-refractivity contribution in [2.75, 3.05) is 0 Å². The molecule has 0 aliphatic rings. The molecule has 0 bridgehead atoms. The van der Waals surface area contributed by atoms with Crippen LogP contribution in [-0.2, 0) is 0 Å². The standard InChI is InChI=1S/C7H4INO2/c8-7-9-5(4-11-7)6-2-1-3-10-6/h1-4H. The maximum absolute atomic E-state index is 5.11. The van der Waals surface area contributed by atoms with E-state index >= 15 is 0 Å². The summed E-state index contributed by atoms with van der Waals surface area (Å²) >= 11 is 2.01. The Morgan fingerprint density at radius 2 is 2.27 bits per heavy atom. The van der Waals surface area contributed by atoms with Crippen molar-refractivity contribution in [2.45, 2.75) is 0 Å². The molecule has 56 valence electrons. The molecule has 2 aromatic rings. The molecule has 2 rings (SSSR count). The predicted molar refractivity (Wildman–Crippen MR) is 46.9 cm³/mol. The van der Waals surface area contributed by atoms with Crippen molar-refractivity contribution in [3.63, 3.8) is 0 Å². The Morgan fingerprint density at radius 1 is 1.36 bits per heavy atom. The first-order chi connectivity index (χ1) is 5.36. The number of nitrogens with zero attached hydrogens (tertiary/aromatic N) is 1. The third-order valence-electron chi connectivity index (χ3n) is 1.25. The van der Waals surface area contributed by atoms with E-state index in [-0.39, 0.29) is 0 Å². The zero-order chi connectivity index (χ0) is 7.68. The van der Waals surface area contributed by atoms with Crippen LogP contribution in [0.1, 0.15) is 0 Å². The lowest BCUT2D eigenvalue weighted by Gasteiger charge is -1.82.